The van der Waals surface area contributed by atoms with Crippen molar-refractivity contribution in [3.63, 3.8) is 0 Å². The van der Waals surface area contributed by atoms with Crippen molar-refractivity contribution in [3.05, 3.63) is 29.6 Å². The number of nitrogens with zero attached hydrogens (tertiary/aromatic N) is 1. The molecule has 3 atom stereocenters. The van der Waals surface area contributed by atoms with Crippen molar-refractivity contribution in [2.45, 2.75) is 32.4 Å². The Bertz CT molecular complexity index is 422. The first-order chi connectivity index (χ1) is 8.50. The Morgan fingerprint density at radius 1 is 1.50 bits per heavy atom. The zero-order chi connectivity index (χ0) is 13.3. The van der Waals surface area contributed by atoms with E-state index < -0.39 is 0 Å². The van der Waals surface area contributed by atoms with E-state index in [1.807, 2.05) is 24.8 Å². The minimum Gasteiger partial charge on any atom is -0.393 e. The highest BCUT2D eigenvalue weighted by Gasteiger charge is 2.27. The zero-order valence-corrected chi connectivity index (χ0v) is 10.9. The molecule has 0 amide bonds. The number of piperidine rings is 1. The first-order valence-electron chi connectivity index (χ1n) is 6.47. The maximum atomic E-state index is 14.1. The number of halogens is 1. The van der Waals surface area contributed by atoms with Crippen LogP contribution in [-0.4, -0.2) is 24.3 Å². The van der Waals surface area contributed by atoms with Gasteiger partial charge in [0.25, 0.3) is 0 Å². The molecule has 18 heavy (non-hydrogen) atoms. The Morgan fingerprint density at radius 3 is 2.83 bits per heavy atom. The lowest BCUT2D eigenvalue weighted by molar-refractivity contribution is 0.0968. The second kappa shape index (κ2) is 5.24. The predicted molar refractivity (Wildman–Crippen MR) is 71.0 cm³/mol. The smallest absolute Gasteiger partial charge is 0.146 e. The van der Waals surface area contributed by atoms with Gasteiger partial charge in [-0.25, -0.2) is 4.39 Å². The Kier molecular flexibility index (Phi) is 3.88. The number of aliphatic hydroxyl groups excluding tert-OH is 1. The maximum Gasteiger partial charge on any atom is 0.146 e. The first-order valence-corrected chi connectivity index (χ1v) is 6.47. The van der Waals surface area contributed by atoms with Gasteiger partial charge >= 0.3 is 0 Å². The van der Waals surface area contributed by atoms with E-state index in [2.05, 4.69) is 0 Å². The molecule has 0 aliphatic carbocycles. The van der Waals surface area contributed by atoms with Crippen LogP contribution >= 0.6 is 0 Å². The van der Waals surface area contributed by atoms with Gasteiger partial charge in [0.15, 0.2) is 0 Å². The van der Waals surface area contributed by atoms with E-state index in [1.165, 1.54) is 6.07 Å². The molecule has 0 aromatic heterocycles. The van der Waals surface area contributed by atoms with Gasteiger partial charge in [-0.1, -0.05) is 19.1 Å². The molecule has 1 heterocycles. The molecule has 100 valence electrons. The van der Waals surface area contributed by atoms with Crippen LogP contribution in [0.3, 0.4) is 0 Å². The minimum absolute atomic E-state index is 0.152. The molecule has 3 N–H and O–H groups in total. The van der Waals surface area contributed by atoms with E-state index in [9.17, 15) is 9.50 Å². The van der Waals surface area contributed by atoms with Crippen LogP contribution in [0.5, 0.6) is 0 Å². The lowest BCUT2D eigenvalue weighted by Gasteiger charge is -2.37. The normalized spacial score (nSPS) is 26.2. The summed E-state index contributed by atoms with van der Waals surface area (Å²) in [5, 5.41) is 9.75. The van der Waals surface area contributed by atoms with Gasteiger partial charge in [-0.2, -0.15) is 0 Å². The van der Waals surface area contributed by atoms with E-state index in [0.29, 0.717) is 25.2 Å². The fraction of sp³-hybridized carbons (Fsp3) is 0.571. The first kappa shape index (κ1) is 13.3. The molecule has 4 heteroatoms. The third-order valence-electron chi connectivity index (χ3n) is 3.68. The quantitative estimate of drug-likeness (QED) is 0.847. The van der Waals surface area contributed by atoms with Crippen LogP contribution in [0.1, 0.15) is 31.9 Å². The van der Waals surface area contributed by atoms with Gasteiger partial charge in [-0.3, -0.25) is 0 Å². The number of benzene rings is 1. The summed E-state index contributed by atoms with van der Waals surface area (Å²) in [6.45, 7) is 5.19. The summed E-state index contributed by atoms with van der Waals surface area (Å²) < 4.78 is 14.1. The van der Waals surface area contributed by atoms with E-state index in [4.69, 9.17) is 5.73 Å². The molecule has 1 fully saturated rings. The number of rotatable bonds is 2. The largest absolute Gasteiger partial charge is 0.393 e. The van der Waals surface area contributed by atoms with E-state index in [1.54, 1.807) is 6.07 Å². The summed E-state index contributed by atoms with van der Waals surface area (Å²) in [6, 6.07) is 4.84. The SMILES string of the molecule is CC1CN(c2c(F)cccc2[C@@H](C)N)CCC1O. The molecule has 0 saturated carbocycles. The summed E-state index contributed by atoms with van der Waals surface area (Å²) in [5.74, 6) is -0.0762. The van der Waals surface area contributed by atoms with Crippen molar-refractivity contribution in [1.82, 2.24) is 0 Å². The summed E-state index contributed by atoms with van der Waals surface area (Å²) in [4.78, 5) is 2.01. The molecule has 2 unspecified atom stereocenters. The molecule has 0 spiro atoms. The summed E-state index contributed by atoms with van der Waals surface area (Å²) in [7, 11) is 0. The number of hydrogen-bond donors (Lipinski definition) is 2. The molecule has 3 nitrogen and oxygen atoms in total. The Labute approximate surface area is 107 Å². The van der Waals surface area contributed by atoms with Crippen molar-refractivity contribution in [2.24, 2.45) is 11.7 Å². The molecule has 0 bridgehead atoms. The average Bonchev–Trinajstić information content (AvgIpc) is 2.32. The van der Waals surface area contributed by atoms with Crippen LogP contribution in [0.4, 0.5) is 10.1 Å². The van der Waals surface area contributed by atoms with Gasteiger partial charge < -0.3 is 15.7 Å². The monoisotopic (exact) mass is 252 g/mol. The Morgan fingerprint density at radius 2 is 2.22 bits per heavy atom. The van der Waals surface area contributed by atoms with Gasteiger partial charge in [0.2, 0.25) is 0 Å². The lowest BCUT2D eigenvalue weighted by atomic mass is 9.95. The van der Waals surface area contributed by atoms with Crippen molar-refractivity contribution < 1.29 is 9.50 Å². The summed E-state index contributed by atoms with van der Waals surface area (Å²) >= 11 is 0. The molecule has 1 aliphatic rings. The number of anilines is 1. The Balaban J connectivity index is 2.33. The summed E-state index contributed by atoms with van der Waals surface area (Å²) in [5.41, 5.74) is 7.34. The predicted octanol–water partition coefficient (Wildman–Crippen LogP) is 2.05. The van der Waals surface area contributed by atoms with Crippen molar-refractivity contribution in [3.8, 4) is 0 Å². The minimum atomic E-state index is -0.285. The topological polar surface area (TPSA) is 49.5 Å². The summed E-state index contributed by atoms with van der Waals surface area (Å²) in [6.07, 6.45) is 0.389. The number of hydrogen-bond acceptors (Lipinski definition) is 3. The van der Waals surface area contributed by atoms with Crippen LogP contribution in [0.25, 0.3) is 0 Å². The Hall–Kier alpha value is -1.13. The maximum absolute atomic E-state index is 14.1. The van der Waals surface area contributed by atoms with E-state index in [0.717, 1.165) is 5.56 Å². The molecule has 1 aromatic carbocycles. The molecule has 0 radical (unpaired) electrons. The van der Waals surface area contributed by atoms with Crippen LogP contribution in [0.2, 0.25) is 0 Å². The van der Waals surface area contributed by atoms with Gasteiger partial charge in [-0.15, -0.1) is 0 Å². The highest BCUT2D eigenvalue weighted by Crippen LogP contribution is 2.31. The van der Waals surface area contributed by atoms with Gasteiger partial charge in [0.1, 0.15) is 5.82 Å². The van der Waals surface area contributed by atoms with Crippen molar-refractivity contribution in [2.75, 3.05) is 18.0 Å². The molecule has 1 aromatic rings. The molecular formula is C14H21FN2O. The van der Waals surface area contributed by atoms with E-state index in [-0.39, 0.29) is 23.9 Å². The highest BCUT2D eigenvalue weighted by molar-refractivity contribution is 5.56. The van der Waals surface area contributed by atoms with Crippen LogP contribution in [-0.2, 0) is 0 Å². The van der Waals surface area contributed by atoms with Crippen LogP contribution in [0, 0.1) is 11.7 Å². The number of para-hydroxylation sites is 1. The second-order valence-corrected chi connectivity index (χ2v) is 5.25. The molecule has 1 saturated heterocycles. The average molecular weight is 252 g/mol. The van der Waals surface area contributed by atoms with Crippen LogP contribution in [0.15, 0.2) is 18.2 Å². The van der Waals surface area contributed by atoms with Gasteiger partial charge in [0.05, 0.1) is 11.8 Å². The standard InChI is InChI=1S/C14H21FN2O/c1-9-8-17(7-6-13(9)18)14-11(10(2)16)4-3-5-12(14)15/h3-5,9-10,13,18H,6-8,16H2,1-2H3/t9?,10-,13?/m1/s1. The van der Waals surface area contributed by atoms with E-state index >= 15 is 0 Å². The lowest BCUT2D eigenvalue weighted by Crippen LogP contribution is -2.43. The fourth-order valence-electron chi connectivity index (χ4n) is 2.57. The highest BCUT2D eigenvalue weighted by atomic mass is 19.1. The van der Waals surface area contributed by atoms with Crippen LogP contribution < -0.4 is 10.6 Å². The number of nitrogens with two attached hydrogens (primary N) is 1. The third-order valence-corrected chi connectivity index (χ3v) is 3.68. The molecular weight excluding hydrogens is 231 g/mol. The molecule has 1 aliphatic heterocycles. The fourth-order valence-corrected chi connectivity index (χ4v) is 2.57. The van der Waals surface area contributed by atoms with Crippen molar-refractivity contribution >= 4 is 5.69 Å². The molecule has 2 rings (SSSR count). The number of aliphatic hydroxyl groups is 1. The zero-order valence-electron chi connectivity index (χ0n) is 10.9. The van der Waals surface area contributed by atoms with Gasteiger partial charge in [0, 0.05) is 19.1 Å². The second-order valence-electron chi connectivity index (χ2n) is 5.25. The van der Waals surface area contributed by atoms with Crippen molar-refractivity contribution in [1.29, 1.82) is 0 Å². The third kappa shape index (κ3) is 2.49. The van der Waals surface area contributed by atoms with Gasteiger partial charge in [-0.05, 0) is 30.9 Å².